The van der Waals surface area contributed by atoms with Gasteiger partial charge in [0.1, 0.15) is 5.82 Å². The lowest BCUT2D eigenvalue weighted by molar-refractivity contribution is 0.727. The van der Waals surface area contributed by atoms with Gasteiger partial charge >= 0.3 is 5.69 Å². The van der Waals surface area contributed by atoms with Gasteiger partial charge in [0.25, 0.3) is 0 Å². The average molecular weight is 441 g/mol. The molecule has 1 N–H and O–H groups in total. The molecule has 2 aromatic carbocycles. The summed E-state index contributed by atoms with van der Waals surface area (Å²) in [7, 11) is 1.67. The maximum atomic E-state index is 12.6. The van der Waals surface area contributed by atoms with Gasteiger partial charge in [0, 0.05) is 30.3 Å². The molecule has 166 valence electrons. The van der Waals surface area contributed by atoms with Crippen LogP contribution in [0.3, 0.4) is 0 Å². The first kappa shape index (κ1) is 20.7. The molecule has 0 atom stereocenters. The Bertz CT molecular complexity index is 1480. The molecule has 0 amide bonds. The van der Waals surface area contributed by atoms with Gasteiger partial charge in [-0.15, -0.1) is 15.3 Å². The van der Waals surface area contributed by atoms with Crippen LogP contribution in [0.1, 0.15) is 36.0 Å². The van der Waals surface area contributed by atoms with Crippen molar-refractivity contribution in [3.8, 4) is 22.5 Å². The Balaban J connectivity index is 1.67. The number of H-pyrrole nitrogens is 1. The predicted octanol–water partition coefficient (Wildman–Crippen LogP) is 3.13. The van der Waals surface area contributed by atoms with Crippen molar-refractivity contribution < 1.29 is 0 Å². The molecule has 0 unspecified atom stereocenters. The molecular formula is C24H24N8O. The quantitative estimate of drug-likeness (QED) is 0.435. The van der Waals surface area contributed by atoms with Crippen LogP contribution in [0.4, 0.5) is 0 Å². The Morgan fingerprint density at radius 2 is 1.88 bits per heavy atom. The first-order valence-electron chi connectivity index (χ1n) is 10.9. The zero-order valence-corrected chi connectivity index (χ0v) is 18.8. The number of aryl methyl sites for hydroxylation is 3. The number of fused-ring (bicyclic) bond motifs is 1. The van der Waals surface area contributed by atoms with Crippen molar-refractivity contribution in [2.24, 2.45) is 7.05 Å². The van der Waals surface area contributed by atoms with E-state index in [4.69, 9.17) is 4.98 Å². The zero-order chi connectivity index (χ0) is 22.9. The van der Waals surface area contributed by atoms with Crippen molar-refractivity contribution in [3.05, 3.63) is 81.7 Å². The van der Waals surface area contributed by atoms with Crippen LogP contribution >= 0.6 is 0 Å². The number of rotatable bonds is 6. The van der Waals surface area contributed by atoms with Gasteiger partial charge in [-0.05, 0) is 41.3 Å². The van der Waals surface area contributed by atoms with E-state index in [1.165, 1.54) is 4.68 Å². The number of aromatic amines is 1. The van der Waals surface area contributed by atoms with Gasteiger partial charge in [-0.25, -0.2) is 18.9 Å². The van der Waals surface area contributed by atoms with Crippen LogP contribution in [-0.2, 0) is 19.9 Å². The van der Waals surface area contributed by atoms with Gasteiger partial charge in [0.15, 0.2) is 5.65 Å². The molecule has 5 aromatic rings. The van der Waals surface area contributed by atoms with E-state index >= 15 is 0 Å². The van der Waals surface area contributed by atoms with E-state index in [-0.39, 0.29) is 5.69 Å². The summed E-state index contributed by atoms with van der Waals surface area (Å²) in [6.45, 7) is 3.97. The molecule has 33 heavy (non-hydrogen) atoms. The third kappa shape index (κ3) is 3.71. The van der Waals surface area contributed by atoms with Crippen molar-refractivity contribution in [3.63, 3.8) is 0 Å². The minimum Gasteiger partial charge on any atom is -0.246 e. The molecule has 3 heterocycles. The van der Waals surface area contributed by atoms with E-state index in [1.807, 2.05) is 25.1 Å². The monoisotopic (exact) mass is 440 g/mol. The molecular weight excluding hydrogens is 416 g/mol. The predicted molar refractivity (Wildman–Crippen MR) is 125 cm³/mol. The highest BCUT2D eigenvalue weighted by Crippen LogP contribution is 2.32. The molecule has 0 fully saturated rings. The molecule has 0 aliphatic heterocycles. The largest absolute Gasteiger partial charge is 0.351 e. The summed E-state index contributed by atoms with van der Waals surface area (Å²) in [5.74, 6) is 1.19. The second-order valence-corrected chi connectivity index (χ2v) is 8.06. The summed E-state index contributed by atoms with van der Waals surface area (Å²) in [5.41, 5.74) is 6.45. The third-order valence-electron chi connectivity index (χ3n) is 5.79. The minimum atomic E-state index is -0.189. The first-order chi connectivity index (χ1) is 16.1. The molecule has 0 spiro atoms. The Hall–Kier alpha value is -4.14. The minimum absolute atomic E-state index is 0.189. The van der Waals surface area contributed by atoms with Crippen LogP contribution in [0.15, 0.2) is 53.3 Å². The van der Waals surface area contributed by atoms with Crippen LogP contribution in [-0.4, -0.2) is 39.8 Å². The first-order valence-corrected chi connectivity index (χ1v) is 10.9. The van der Waals surface area contributed by atoms with Gasteiger partial charge in [-0.3, -0.25) is 0 Å². The Labute approximate surface area is 190 Å². The Kier molecular flexibility index (Phi) is 5.29. The van der Waals surface area contributed by atoms with Gasteiger partial charge < -0.3 is 0 Å². The molecule has 3 aromatic heterocycles. The van der Waals surface area contributed by atoms with Crippen molar-refractivity contribution in [1.82, 2.24) is 39.8 Å². The second-order valence-electron chi connectivity index (χ2n) is 8.06. The fourth-order valence-electron chi connectivity index (χ4n) is 4.25. The highest BCUT2D eigenvalue weighted by molar-refractivity contribution is 5.81. The van der Waals surface area contributed by atoms with E-state index in [1.54, 1.807) is 11.4 Å². The van der Waals surface area contributed by atoms with Crippen molar-refractivity contribution in [1.29, 1.82) is 0 Å². The molecule has 5 rings (SSSR count). The van der Waals surface area contributed by atoms with Gasteiger partial charge in [0.05, 0.1) is 0 Å². The standard InChI is InChI=1S/C24H24N8O/c1-4-8-21-20(23-28-31(3)24(33)32(23)15(2)25-21)14-16-11-12-18(17-9-6-5-7-10-17)19(13-16)22-26-29-30-27-22/h5-7,9-13H,4,8,14H2,1-3H3,(H,26,27,29,30). The average Bonchev–Trinajstić information content (AvgIpc) is 3.46. The summed E-state index contributed by atoms with van der Waals surface area (Å²) >= 11 is 0. The number of hydrogen-bond donors (Lipinski definition) is 1. The van der Waals surface area contributed by atoms with E-state index in [0.29, 0.717) is 23.7 Å². The van der Waals surface area contributed by atoms with E-state index in [0.717, 1.165) is 46.4 Å². The smallest absolute Gasteiger partial charge is 0.246 e. The Morgan fingerprint density at radius 1 is 1.06 bits per heavy atom. The highest BCUT2D eigenvalue weighted by Gasteiger charge is 2.19. The molecule has 0 saturated carbocycles. The van der Waals surface area contributed by atoms with Crippen molar-refractivity contribution in [2.45, 2.75) is 33.1 Å². The number of benzene rings is 2. The molecule has 9 nitrogen and oxygen atoms in total. The van der Waals surface area contributed by atoms with Gasteiger partial charge in [-0.1, -0.05) is 55.8 Å². The van der Waals surface area contributed by atoms with E-state index in [9.17, 15) is 4.79 Å². The summed E-state index contributed by atoms with van der Waals surface area (Å²) in [4.78, 5) is 17.4. The normalized spacial score (nSPS) is 11.4. The summed E-state index contributed by atoms with van der Waals surface area (Å²) in [6.07, 6.45) is 2.35. The SMILES string of the molecule is CCCc1nc(C)n2c(=O)n(C)nc2c1Cc1ccc(-c2ccccc2)c(-c2nn[nH]n2)c1. The Morgan fingerprint density at radius 3 is 2.61 bits per heavy atom. The lowest BCUT2D eigenvalue weighted by Gasteiger charge is -2.13. The summed E-state index contributed by atoms with van der Waals surface area (Å²) in [6, 6.07) is 16.4. The van der Waals surface area contributed by atoms with E-state index < -0.39 is 0 Å². The fourth-order valence-corrected chi connectivity index (χ4v) is 4.25. The highest BCUT2D eigenvalue weighted by atomic mass is 16.2. The van der Waals surface area contributed by atoms with Crippen molar-refractivity contribution >= 4 is 5.65 Å². The third-order valence-corrected chi connectivity index (χ3v) is 5.79. The van der Waals surface area contributed by atoms with Crippen LogP contribution in [0.2, 0.25) is 0 Å². The maximum Gasteiger partial charge on any atom is 0.351 e. The second kappa shape index (κ2) is 8.42. The number of nitrogens with one attached hydrogen (secondary N) is 1. The van der Waals surface area contributed by atoms with Gasteiger partial charge in [0.2, 0.25) is 5.82 Å². The number of hydrogen-bond acceptors (Lipinski definition) is 6. The fraction of sp³-hybridized carbons (Fsp3) is 0.250. The lowest BCUT2D eigenvalue weighted by atomic mass is 9.94. The molecule has 0 saturated heterocycles. The molecule has 0 bridgehead atoms. The van der Waals surface area contributed by atoms with E-state index in [2.05, 4.69) is 63.0 Å². The molecule has 0 aliphatic carbocycles. The van der Waals surface area contributed by atoms with Crippen LogP contribution in [0.5, 0.6) is 0 Å². The van der Waals surface area contributed by atoms with Crippen LogP contribution in [0.25, 0.3) is 28.2 Å². The van der Waals surface area contributed by atoms with Crippen molar-refractivity contribution in [2.75, 3.05) is 0 Å². The van der Waals surface area contributed by atoms with Crippen LogP contribution < -0.4 is 5.69 Å². The molecule has 0 aliphatic rings. The molecule has 9 heteroatoms. The zero-order valence-electron chi connectivity index (χ0n) is 18.8. The lowest BCUT2D eigenvalue weighted by Crippen LogP contribution is -2.20. The van der Waals surface area contributed by atoms with Gasteiger partial charge in [-0.2, -0.15) is 5.21 Å². The summed E-state index contributed by atoms with van der Waals surface area (Å²) < 4.78 is 2.96. The number of nitrogens with zero attached hydrogens (tertiary/aromatic N) is 7. The number of aromatic nitrogens is 8. The maximum absolute atomic E-state index is 12.6. The summed E-state index contributed by atoms with van der Waals surface area (Å²) in [5, 5.41) is 19.3. The topological polar surface area (TPSA) is 107 Å². The van der Waals surface area contributed by atoms with Crippen LogP contribution in [0, 0.1) is 6.92 Å². The number of tetrazole rings is 1. The molecule has 0 radical (unpaired) electrons.